The number of ether oxygens (including phenoxy) is 1. The lowest BCUT2D eigenvalue weighted by Crippen LogP contribution is -2.24. The zero-order chi connectivity index (χ0) is 19.0. The zero-order valence-corrected chi connectivity index (χ0v) is 15.8. The van der Waals surface area contributed by atoms with Crippen LogP contribution in [0.3, 0.4) is 0 Å². The van der Waals surface area contributed by atoms with Crippen molar-refractivity contribution in [3.8, 4) is 0 Å². The number of nitrogens with zero attached hydrogens (tertiary/aromatic N) is 1. The largest absolute Gasteiger partial charge is 0.500 e. The molecule has 1 aliphatic carbocycles. The molecule has 6 heteroatoms. The van der Waals surface area contributed by atoms with Crippen molar-refractivity contribution in [1.29, 1.82) is 0 Å². The Morgan fingerprint density at radius 3 is 2.81 bits per heavy atom. The van der Waals surface area contributed by atoms with Crippen LogP contribution in [0.15, 0.2) is 30.7 Å². The number of halogens is 3. The van der Waals surface area contributed by atoms with Crippen LogP contribution >= 0.6 is 11.6 Å². The summed E-state index contributed by atoms with van der Waals surface area (Å²) in [5.41, 5.74) is 3.28. The molecule has 0 radical (unpaired) electrons. The predicted molar refractivity (Wildman–Crippen MR) is 101 cm³/mol. The van der Waals surface area contributed by atoms with Gasteiger partial charge in [0.2, 0.25) is 5.92 Å². The predicted octanol–water partition coefficient (Wildman–Crippen LogP) is 6.14. The van der Waals surface area contributed by atoms with Gasteiger partial charge in [-0.25, -0.2) is 8.78 Å². The van der Waals surface area contributed by atoms with E-state index in [1.54, 1.807) is 12.3 Å². The molecule has 0 spiro atoms. The summed E-state index contributed by atoms with van der Waals surface area (Å²) >= 11 is 6.40. The number of carbonyl (C=O) groups excluding carboxylic acids is 1. The highest BCUT2D eigenvalue weighted by Crippen LogP contribution is 2.38. The van der Waals surface area contributed by atoms with Crippen molar-refractivity contribution in [1.82, 2.24) is 4.40 Å². The number of hydrogen-bond donors (Lipinski definition) is 0. The number of alkyl halides is 2. The lowest BCUT2D eigenvalue weighted by atomic mass is 9.83. The van der Waals surface area contributed by atoms with Crippen molar-refractivity contribution < 1.29 is 18.3 Å². The van der Waals surface area contributed by atoms with E-state index in [4.69, 9.17) is 16.3 Å². The maximum absolute atomic E-state index is 13.3. The van der Waals surface area contributed by atoms with E-state index in [2.05, 4.69) is 0 Å². The molecule has 3 nitrogen and oxygen atoms in total. The molecule has 2 aliphatic rings. The highest BCUT2D eigenvalue weighted by molar-refractivity contribution is 6.35. The Bertz CT molecular complexity index is 893. The summed E-state index contributed by atoms with van der Waals surface area (Å²) in [5.74, 6) is -2.31. The van der Waals surface area contributed by atoms with Crippen molar-refractivity contribution >= 4 is 28.5 Å². The third-order valence-electron chi connectivity index (χ3n) is 5.70. The van der Waals surface area contributed by atoms with Crippen LogP contribution in [-0.2, 0) is 4.74 Å². The van der Waals surface area contributed by atoms with Gasteiger partial charge >= 0.3 is 0 Å². The summed E-state index contributed by atoms with van der Waals surface area (Å²) in [5, 5.41) is 0.531. The topological polar surface area (TPSA) is 30.7 Å². The molecule has 0 aromatic carbocycles. The lowest BCUT2D eigenvalue weighted by molar-refractivity contribution is -0.0464. The highest BCUT2D eigenvalue weighted by atomic mass is 35.5. The maximum atomic E-state index is 13.3. The van der Waals surface area contributed by atoms with Crippen molar-refractivity contribution in [2.75, 3.05) is 6.61 Å². The molecule has 4 rings (SSSR count). The summed E-state index contributed by atoms with van der Waals surface area (Å²) < 4.78 is 33.9. The van der Waals surface area contributed by atoms with E-state index in [-0.39, 0.29) is 24.5 Å². The minimum Gasteiger partial charge on any atom is -0.500 e. The van der Waals surface area contributed by atoms with Gasteiger partial charge in [0.1, 0.15) is 0 Å². The number of pyridine rings is 1. The summed E-state index contributed by atoms with van der Waals surface area (Å²) in [6.45, 7) is 0.638. The molecular formula is C21H22ClF2NO2. The first-order chi connectivity index (χ1) is 12.9. The zero-order valence-electron chi connectivity index (χ0n) is 15.0. The average molecular weight is 394 g/mol. The number of aromatic nitrogens is 1. The van der Waals surface area contributed by atoms with Crippen LogP contribution in [0.4, 0.5) is 8.78 Å². The molecule has 0 amide bonds. The maximum Gasteiger partial charge on any atom is 0.248 e. The molecule has 1 saturated carbocycles. The van der Waals surface area contributed by atoms with Crippen LogP contribution in [0, 0.1) is 5.92 Å². The second kappa shape index (κ2) is 7.27. The van der Waals surface area contributed by atoms with Crippen LogP contribution in [0.1, 0.15) is 61.0 Å². The van der Waals surface area contributed by atoms with Gasteiger partial charge in [0.05, 0.1) is 29.1 Å². The minimum atomic E-state index is -2.53. The van der Waals surface area contributed by atoms with Crippen molar-refractivity contribution in [3.63, 3.8) is 0 Å². The van der Waals surface area contributed by atoms with E-state index in [9.17, 15) is 13.6 Å². The molecule has 3 heterocycles. The molecule has 0 saturated heterocycles. The van der Waals surface area contributed by atoms with E-state index in [0.29, 0.717) is 48.4 Å². The van der Waals surface area contributed by atoms with Gasteiger partial charge in [-0.1, -0.05) is 11.6 Å². The van der Waals surface area contributed by atoms with Crippen LogP contribution in [0.25, 0.3) is 11.1 Å². The molecule has 0 N–H and O–H groups in total. The van der Waals surface area contributed by atoms with E-state index in [1.165, 1.54) is 0 Å². The molecule has 0 unspecified atom stereocenters. The van der Waals surface area contributed by atoms with Gasteiger partial charge in [-0.15, -0.1) is 0 Å². The Morgan fingerprint density at radius 2 is 2.11 bits per heavy atom. The minimum absolute atomic E-state index is 0.0173. The van der Waals surface area contributed by atoms with E-state index >= 15 is 0 Å². The second-order valence-corrected chi connectivity index (χ2v) is 7.95. The van der Waals surface area contributed by atoms with E-state index in [1.807, 2.05) is 22.7 Å². The number of hydrogen-bond acceptors (Lipinski definition) is 2. The number of ketones is 1. The molecular weight excluding hydrogens is 372 g/mol. The number of carbonyl (C=O) groups is 1. The molecule has 0 atom stereocenters. The molecule has 2 aromatic heterocycles. The first kappa shape index (κ1) is 18.5. The van der Waals surface area contributed by atoms with Crippen molar-refractivity contribution in [2.45, 2.75) is 50.9 Å². The number of Topliss-reactive ketones (excluding diaryl/α,β-unsaturated/α-hetero) is 1. The van der Waals surface area contributed by atoms with Gasteiger partial charge in [0, 0.05) is 43.0 Å². The summed E-state index contributed by atoms with van der Waals surface area (Å²) in [7, 11) is 0. The smallest absolute Gasteiger partial charge is 0.248 e. The Labute approximate surface area is 162 Å². The van der Waals surface area contributed by atoms with E-state index in [0.717, 1.165) is 17.7 Å². The number of fused-ring (bicyclic) bond motifs is 1. The van der Waals surface area contributed by atoms with E-state index < -0.39 is 5.92 Å². The Kier molecular flexibility index (Phi) is 4.97. The standard InChI is InChI=1S/C21H22ClF2NO2/c22-17-2-1-10-25-18(15-7-11-27-13-15)12-16(20(17)25)19(26)4-3-14-5-8-21(23,24)9-6-14/h1-2,10,12-14H,3-9,11H2. The highest BCUT2D eigenvalue weighted by Gasteiger charge is 2.35. The van der Waals surface area contributed by atoms with Crippen LogP contribution < -0.4 is 0 Å². The Balaban J connectivity index is 1.55. The molecule has 0 bridgehead atoms. The molecule has 2 aromatic rings. The second-order valence-electron chi connectivity index (χ2n) is 7.54. The quantitative estimate of drug-likeness (QED) is 0.571. The van der Waals surface area contributed by atoms with Crippen LogP contribution in [-0.4, -0.2) is 22.7 Å². The Morgan fingerprint density at radius 1 is 1.33 bits per heavy atom. The van der Waals surface area contributed by atoms with Gasteiger partial charge in [-0.2, -0.15) is 0 Å². The fourth-order valence-corrected chi connectivity index (χ4v) is 4.38. The van der Waals surface area contributed by atoms with Gasteiger partial charge in [-0.05, 0) is 43.4 Å². The first-order valence-corrected chi connectivity index (χ1v) is 9.84. The summed E-state index contributed by atoms with van der Waals surface area (Å²) in [6, 6.07) is 5.52. The van der Waals surface area contributed by atoms with Gasteiger partial charge in [-0.3, -0.25) is 4.79 Å². The summed E-state index contributed by atoms with van der Waals surface area (Å²) in [6.07, 6.45) is 6.29. The molecule has 1 fully saturated rings. The molecule has 1 aliphatic heterocycles. The fourth-order valence-electron chi connectivity index (χ4n) is 4.11. The number of rotatable bonds is 5. The first-order valence-electron chi connectivity index (χ1n) is 9.46. The van der Waals surface area contributed by atoms with Crippen LogP contribution in [0.5, 0.6) is 0 Å². The summed E-state index contributed by atoms with van der Waals surface area (Å²) in [4.78, 5) is 12.9. The average Bonchev–Trinajstić information content (AvgIpc) is 3.28. The van der Waals surface area contributed by atoms with Crippen LogP contribution in [0.2, 0.25) is 5.02 Å². The SMILES string of the molecule is O=C(CCC1CCC(F)(F)CC1)c1cc(C2=COCC2)n2cccc(Cl)c12. The van der Waals surface area contributed by atoms with Gasteiger partial charge < -0.3 is 9.14 Å². The van der Waals surface area contributed by atoms with Gasteiger partial charge in [0.25, 0.3) is 0 Å². The van der Waals surface area contributed by atoms with Crippen molar-refractivity contribution in [2.24, 2.45) is 5.92 Å². The third kappa shape index (κ3) is 3.75. The normalized spacial score (nSPS) is 19.9. The molecule has 27 heavy (non-hydrogen) atoms. The van der Waals surface area contributed by atoms with Gasteiger partial charge in [0.15, 0.2) is 5.78 Å². The van der Waals surface area contributed by atoms with Crippen molar-refractivity contribution in [3.05, 3.63) is 46.9 Å². The lowest BCUT2D eigenvalue weighted by Gasteiger charge is -2.27. The third-order valence-corrected chi connectivity index (χ3v) is 6.01. The molecule has 144 valence electrons. The Hall–Kier alpha value is -1.88. The monoisotopic (exact) mass is 393 g/mol. The fraction of sp³-hybridized carbons (Fsp3) is 0.476.